The summed E-state index contributed by atoms with van der Waals surface area (Å²) in [6.45, 7) is 5.22. The van der Waals surface area contributed by atoms with Crippen LogP contribution in [0.3, 0.4) is 0 Å². The first-order chi connectivity index (χ1) is 9.97. The molecule has 0 radical (unpaired) electrons. The summed E-state index contributed by atoms with van der Waals surface area (Å²) in [5.41, 5.74) is 0.691. The van der Waals surface area contributed by atoms with Gasteiger partial charge in [0, 0.05) is 12.4 Å². The second-order valence-electron chi connectivity index (χ2n) is 4.43. The average molecular weight is 306 g/mol. The van der Waals surface area contributed by atoms with Gasteiger partial charge in [0.05, 0.1) is 18.0 Å². The third-order valence-corrected chi connectivity index (χ3v) is 3.39. The second-order valence-corrected chi connectivity index (χ2v) is 5.43. The predicted molar refractivity (Wildman–Crippen MR) is 77.4 cm³/mol. The fraction of sp³-hybridized carbons (Fsp3) is 0.308. The molecule has 0 bridgehead atoms. The zero-order chi connectivity index (χ0) is 15.4. The Balaban J connectivity index is 2.12. The fourth-order valence-corrected chi connectivity index (χ4v) is 2.33. The number of hydrogen-bond acceptors (Lipinski definition) is 7. The predicted octanol–water partition coefficient (Wildman–Crippen LogP) is 2.06. The Labute approximate surface area is 125 Å². The highest BCUT2D eigenvalue weighted by Gasteiger charge is 2.19. The maximum atomic E-state index is 11.9. The number of ether oxygens (including phenoxy) is 1. The van der Waals surface area contributed by atoms with Gasteiger partial charge in [0.15, 0.2) is 5.13 Å². The highest BCUT2D eigenvalue weighted by atomic mass is 32.1. The highest BCUT2D eigenvalue weighted by molar-refractivity contribution is 7.17. The summed E-state index contributed by atoms with van der Waals surface area (Å²) in [7, 11) is 0. The van der Waals surface area contributed by atoms with Gasteiger partial charge in [-0.2, -0.15) is 0 Å². The van der Waals surface area contributed by atoms with E-state index in [0.29, 0.717) is 15.7 Å². The molecule has 0 unspecified atom stereocenters. The topological polar surface area (TPSA) is 94.1 Å². The van der Waals surface area contributed by atoms with E-state index in [1.165, 1.54) is 18.6 Å². The average Bonchev–Trinajstić information content (AvgIpc) is 2.80. The van der Waals surface area contributed by atoms with E-state index in [0.717, 1.165) is 11.3 Å². The van der Waals surface area contributed by atoms with Crippen molar-refractivity contribution in [3.05, 3.63) is 34.9 Å². The number of thiazole rings is 1. The molecule has 8 heteroatoms. The van der Waals surface area contributed by atoms with Gasteiger partial charge in [-0.25, -0.2) is 14.8 Å². The second kappa shape index (κ2) is 6.40. The number of nitrogens with zero attached hydrogens (tertiary/aromatic N) is 3. The molecule has 0 fully saturated rings. The van der Waals surface area contributed by atoms with Crippen LogP contribution in [0, 0.1) is 6.92 Å². The van der Waals surface area contributed by atoms with Crippen LogP contribution in [0.4, 0.5) is 5.13 Å². The van der Waals surface area contributed by atoms with Crippen molar-refractivity contribution < 1.29 is 14.3 Å². The molecule has 2 aromatic rings. The van der Waals surface area contributed by atoms with Crippen LogP contribution in [-0.2, 0) is 4.74 Å². The number of nitrogens with one attached hydrogen (secondary N) is 1. The first-order valence-corrected chi connectivity index (χ1v) is 7.04. The molecule has 0 aromatic carbocycles. The summed E-state index contributed by atoms with van der Waals surface area (Å²) in [5, 5.41) is 2.90. The van der Waals surface area contributed by atoms with Crippen molar-refractivity contribution in [1.82, 2.24) is 15.0 Å². The number of amides is 1. The number of esters is 1. The summed E-state index contributed by atoms with van der Waals surface area (Å²) in [6.07, 6.45) is 4.04. The van der Waals surface area contributed by atoms with E-state index in [2.05, 4.69) is 20.3 Å². The zero-order valence-electron chi connectivity index (χ0n) is 11.8. The number of aryl methyl sites for hydroxylation is 1. The third-order valence-electron chi connectivity index (χ3n) is 2.34. The van der Waals surface area contributed by atoms with Gasteiger partial charge < -0.3 is 4.74 Å². The van der Waals surface area contributed by atoms with Crippen LogP contribution in [0.5, 0.6) is 0 Å². The molecular formula is C13H14N4O3S. The van der Waals surface area contributed by atoms with E-state index < -0.39 is 11.9 Å². The number of hydrogen-bond donors (Lipinski definition) is 1. The molecule has 2 aromatic heterocycles. The van der Waals surface area contributed by atoms with E-state index in [4.69, 9.17) is 4.74 Å². The smallest absolute Gasteiger partial charge is 0.350 e. The van der Waals surface area contributed by atoms with E-state index >= 15 is 0 Å². The van der Waals surface area contributed by atoms with Crippen LogP contribution in [0.1, 0.15) is 39.7 Å². The largest absolute Gasteiger partial charge is 0.459 e. The Morgan fingerprint density at radius 2 is 2.10 bits per heavy atom. The van der Waals surface area contributed by atoms with E-state index in [1.807, 2.05) is 0 Å². The fourth-order valence-electron chi connectivity index (χ4n) is 1.48. The summed E-state index contributed by atoms with van der Waals surface area (Å²) >= 11 is 1.07. The highest BCUT2D eigenvalue weighted by Crippen LogP contribution is 2.24. The van der Waals surface area contributed by atoms with Crippen molar-refractivity contribution in [3.63, 3.8) is 0 Å². The Bertz CT molecular complexity index is 655. The quantitative estimate of drug-likeness (QED) is 0.869. The molecule has 110 valence electrons. The molecule has 0 aliphatic heterocycles. The number of aromatic nitrogens is 3. The Morgan fingerprint density at radius 3 is 2.71 bits per heavy atom. The maximum Gasteiger partial charge on any atom is 0.350 e. The first-order valence-electron chi connectivity index (χ1n) is 6.23. The molecule has 1 N–H and O–H groups in total. The van der Waals surface area contributed by atoms with Crippen molar-refractivity contribution in [2.24, 2.45) is 0 Å². The molecule has 0 atom stereocenters. The van der Waals surface area contributed by atoms with Crippen molar-refractivity contribution in [2.75, 3.05) is 5.32 Å². The molecule has 21 heavy (non-hydrogen) atoms. The van der Waals surface area contributed by atoms with Gasteiger partial charge in [0.1, 0.15) is 10.6 Å². The molecule has 0 aliphatic carbocycles. The van der Waals surface area contributed by atoms with Crippen LogP contribution in [0.15, 0.2) is 18.6 Å². The normalized spacial score (nSPS) is 10.5. The van der Waals surface area contributed by atoms with Crippen molar-refractivity contribution in [3.8, 4) is 0 Å². The van der Waals surface area contributed by atoms with E-state index in [-0.39, 0.29) is 11.8 Å². The van der Waals surface area contributed by atoms with Gasteiger partial charge in [-0.05, 0) is 20.8 Å². The minimum atomic E-state index is -0.444. The van der Waals surface area contributed by atoms with Crippen LogP contribution in [-0.4, -0.2) is 32.9 Å². The first kappa shape index (κ1) is 15.0. The zero-order valence-corrected chi connectivity index (χ0v) is 12.6. The number of rotatable bonds is 4. The lowest BCUT2D eigenvalue weighted by molar-refractivity contribution is 0.0382. The Morgan fingerprint density at radius 1 is 1.33 bits per heavy atom. The number of carbonyl (C=O) groups is 2. The van der Waals surface area contributed by atoms with Gasteiger partial charge in [-0.1, -0.05) is 11.3 Å². The number of carbonyl (C=O) groups excluding carboxylic acids is 2. The molecule has 0 saturated heterocycles. The molecular weight excluding hydrogens is 292 g/mol. The molecule has 2 heterocycles. The van der Waals surface area contributed by atoms with Crippen molar-refractivity contribution >= 4 is 28.3 Å². The Kier molecular flexibility index (Phi) is 4.59. The van der Waals surface area contributed by atoms with E-state index in [1.54, 1.807) is 20.8 Å². The molecule has 2 rings (SSSR count). The van der Waals surface area contributed by atoms with Gasteiger partial charge >= 0.3 is 5.97 Å². The van der Waals surface area contributed by atoms with E-state index in [9.17, 15) is 9.59 Å². The van der Waals surface area contributed by atoms with Crippen LogP contribution < -0.4 is 5.32 Å². The summed E-state index contributed by atoms with van der Waals surface area (Å²) in [4.78, 5) is 36.0. The van der Waals surface area contributed by atoms with Gasteiger partial charge in [-0.15, -0.1) is 0 Å². The van der Waals surface area contributed by atoms with Crippen molar-refractivity contribution in [1.29, 1.82) is 0 Å². The lowest BCUT2D eigenvalue weighted by Gasteiger charge is -2.05. The summed E-state index contributed by atoms with van der Waals surface area (Å²) in [6, 6.07) is 0. The van der Waals surface area contributed by atoms with Gasteiger partial charge in [-0.3, -0.25) is 15.1 Å². The standard InChI is InChI=1S/C13H14N4O3S/c1-7(2)20-12(19)10-8(3)16-13(21-10)17-11(18)9-6-14-4-5-15-9/h4-7H,1-3H3,(H,16,17,18). The molecule has 0 aliphatic rings. The van der Waals surface area contributed by atoms with Crippen molar-refractivity contribution in [2.45, 2.75) is 26.9 Å². The minimum Gasteiger partial charge on any atom is -0.459 e. The lowest BCUT2D eigenvalue weighted by Crippen LogP contribution is -2.13. The van der Waals surface area contributed by atoms with Crippen LogP contribution in [0.25, 0.3) is 0 Å². The molecule has 0 saturated carbocycles. The lowest BCUT2D eigenvalue weighted by atomic mass is 10.4. The van der Waals surface area contributed by atoms with Gasteiger partial charge in [0.25, 0.3) is 5.91 Å². The van der Waals surface area contributed by atoms with Crippen LogP contribution >= 0.6 is 11.3 Å². The summed E-state index contributed by atoms with van der Waals surface area (Å²) in [5.74, 6) is -0.874. The minimum absolute atomic E-state index is 0.177. The molecule has 0 spiro atoms. The van der Waals surface area contributed by atoms with Crippen LogP contribution in [0.2, 0.25) is 0 Å². The molecule has 7 nitrogen and oxygen atoms in total. The summed E-state index contributed by atoms with van der Waals surface area (Å²) < 4.78 is 5.12. The third kappa shape index (κ3) is 3.82. The monoisotopic (exact) mass is 306 g/mol. The van der Waals surface area contributed by atoms with Gasteiger partial charge in [0.2, 0.25) is 0 Å². The Hall–Kier alpha value is -2.35. The SMILES string of the molecule is Cc1nc(NC(=O)c2cnccn2)sc1C(=O)OC(C)C. The number of anilines is 1. The molecule has 1 amide bonds. The maximum absolute atomic E-state index is 11.9.